The Kier molecular flexibility index (Phi) is 7.15. The van der Waals surface area contributed by atoms with E-state index in [9.17, 15) is 9.59 Å². The molecule has 2 unspecified atom stereocenters. The van der Waals surface area contributed by atoms with Crippen LogP contribution in [-0.4, -0.2) is 53.8 Å². The summed E-state index contributed by atoms with van der Waals surface area (Å²) >= 11 is 0. The summed E-state index contributed by atoms with van der Waals surface area (Å²) in [5.41, 5.74) is 6.04. The maximum Gasteiger partial charge on any atom is 0.245 e. The number of amides is 2. The van der Waals surface area contributed by atoms with Crippen LogP contribution in [0.15, 0.2) is 0 Å². The van der Waals surface area contributed by atoms with Crippen LogP contribution in [0.4, 0.5) is 0 Å². The highest BCUT2D eigenvalue weighted by molar-refractivity contribution is 5.87. The number of rotatable bonds is 6. The Hall–Kier alpha value is -1.10. The SMILES string of the molecule is CCC(=O)N1CCCCC1C(=O)N(C)CCC(N)C(C)C. The van der Waals surface area contributed by atoms with Crippen molar-refractivity contribution in [2.45, 2.75) is 65.0 Å². The number of hydrogen-bond acceptors (Lipinski definition) is 3. The smallest absolute Gasteiger partial charge is 0.245 e. The van der Waals surface area contributed by atoms with E-state index in [-0.39, 0.29) is 23.9 Å². The van der Waals surface area contributed by atoms with E-state index in [1.165, 1.54) is 0 Å². The van der Waals surface area contributed by atoms with Crippen LogP contribution in [0.5, 0.6) is 0 Å². The Morgan fingerprint density at radius 2 is 2.00 bits per heavy atom. The average Bonchev–Trinajstić information content (AvgIpc) is 2.50. The van der Waals surface area contributed by atoms with Gasteiger partial charge in [-0.3, -0.25) is 9.59 Å². The molecular formula is C16H31N3O2. The molecule has 0 spiro atoms. The van der Waals surface area contributed by atoms with Gasteiger partial charge in [0.25, 0.3) is 0 Å². The van der Waals surface area contributed by atoms with Crippen LogP contribution >= 0.6 is 0 Å². The topological polar surface area (TPSA) is 66.6 Å². The lowest BCUT2D eigenvalue weighted by Crippen LogP contribution is -2.52. The van der Waals surface area contributed by atoms with Gasteiger partial charge in [-0.15, -0.1) is 0 Å². The van der Waals surface area contributed by atoms with Gasteiger partial charge in [-0.25, -0.2) is 0 Å². The largest absolute Gasteiger partial charge is 0.344 e. The first kappa shape index (κ1) is 18.0. The van der Waals surface area contributed by atoms with Crippen molar-refractivity contribution >= 4 is 11.8 Å². The number of nitrogens with two attached hydrogens (primary N) is 1. The first-order chi connectivity index (χ1) is 9.88. The van der Waals surface area contributed by atoms with Crippen molar-refractivity contribution in [1.82, 2.24) is 9.80 Å². The molecule has 122 valence electrons. The molecule has 2 amide bonds. The van der Waals surface area contributed by atoms with Crippen molar-refractivity contribution < 1.29 is 9.59 Å². The Morgan fingerprint density at radius 1 is 1.33 bits per heavy atom. The van der Waals surface area contributed by atoms with Gasteiger partial charge in [0.2, 0.25) is 11.8 Å². The highest BCUT2D eigenvalue weighted by Gasteiger charge is 2.33. The van der Waals surface area contributed by atoms with Crippen molar-refractivity contribution in [1.29, 1.82) is 0 Å². The molecule has 0 aromatic rings. The van der Waals surface area contributed by atoms with Gasteiger partial charge in [-0.05, 0) is 31.6 Å². The van der Waals surface area contributed by atoms with E-state index >= 15 is 0 Å². The molecule has 21 heavy (non-hydrogen) atoms. The number of carbonyl (C=O) groups excluding carboxylic acids is 2. The standard InChI is InChI=1S/C16H31N3O2/c1-5-15(20)19-10-7-6-8-14(19)16(21)18(4)11-9-13(17)12(2)3/h12-14H,5-11,17H2,1-4H3. The number of nitrogens with zero attached hydrogens (tertiary/aromatic N) is 2. The summed E-state index contributed by atoms with van der Waals surface area (Å²) in [6.07, 6.45) is 4.06. The van der Waals surface area contributed by atoms with E-state index in [1.54, 1.807) is 9.80 Å². The molecule has 0 radical (unpaired) electrons. The van der Waals surface area contributed by atoms with Crippen molar-refractivity contribution in [2.75, 3.05) is 20.1 Å². The van der Waals surface area contributed by atoms with Gasteiger partial charge in [0.05, 0.1) is 0 Å². The Balaban J connectivity index is 2.60. The molecule has 5 heteroatoms. The summed E-state index contributed by atoms with van der Waals surface area (Å²) in [5.74, 6) is 0.564. The van der Waals surface area contributed by atoms with Gasteiger partial charge >= 0.3 is 0 Å². The maximum atomic E-state index is 12.6. The van der Waals surface area contributed by atoms with Crippen LogP contribution in [0.25, 0.3) is 0 Å². The summed E-state index contributed by atoms with van der Waals surface area (Å²) in [5, 5.41) is 0. The molecule has 0 aromatic carbocycles. The molecule has 1 saturated heterocycles. The highest BCUT2D eigenvalue weighted by atomic mass is 16.2. The van der Waals surface area contributed by atoms with Gasteiger partial charge in [0.1, 0.15) is 6.04 Å². The molecular weight excluding hydrogens is 266 g/mol. The molecule has 0 aromatic heterocycles. The molecule has 2 atom stereocenters. The maximum absolute atomic E-state index is 12.6. The highest BCUT2D eigenvalue weighted by Crippen LogP contribution is 2.20. The summed E-state index contributed by atoms with van der Waals surface area (Å²) in [7, 11) is 1.82. The molecule has 1 fully saturated rings. The second kappa shape index (κ2) is 8.37. The Labute approximate surface area is 128 Å². The van der Waals surface area contributed by atoms with Crippen LogP contribution in [0, 0.1) is 5.92 Å². The van der Waals surface area contributed by atoms with Gasteiger partial charge in [0.15, 0.2) is 0 Å². The molecule has 0 saturated carbocycles. The Morgan fingerprint density at radius 3 is 2.57 bits per heavy atom. The third-order valence-electron chi connectivity index (χ3n) is 4.44. The van der Waals surface area contributed by atoms with Gasteiger partial charge in [-0.1, -0.05) is 20.8 Å². The lowest BCUT2D eigenvalue weighted by molar-refractivity contribution is -0.146. The molecule has 1 aliphatic rings. The monoisotopic (exact) mass is 297 g/mol. The van der Waals surface area contributed by atoms with E-state index in [0.29, 0.717) is 25.4 Å². The van der Waals surface area contributed by atoms with Crippen molar-refractivity contribution in [3.05, 3.63) is 0 Å². The van der Waals surface area contributed by atoms with Crippen molar-refractivity contribution in [2.24, 2.45) is 11.7 Å². The molecule has 1 aliphatic heterocycles. The fourth-order valence-corrected chi connectivity index (χ4v) is 2.73. The normalized spacial score (nSPS) is 20.5. The fourth-order valence-electron chi connectivity index (χ4n) is 2.73. The molecule has 1 heterocycles. The van der Waals surface area contributed by atoms with Crippen molar-refractivity contribution in [3.8, 4) is 0 Å². The number of likely N-dealkylation sites (tertiary alicyclic amines) is 1. The minimum absolute atomic E-state index is 0.0625. The molecule has 0 bridgehead atoms. The predicted octanol–water partition coefficient (Wildman–Crippen LogP) is 1.61. The van der Waals surface area contributed by atoms with E-state index < -0.39 is 0 Å². The molecule has 2 N–H and O–H groups in total. The van der Waals surface area contributed by atoms with E-state index in [2.05, 4.69) is 13.8 Å². The molecule has 0 aliphatic carbocycles. The fraction of sp³-hybridized carbons (Fsp3) is 0.875. The summed E-state index contributed by atoms with van der Waals surface area (Å²) in [4.78, 5) is 28.1. The predicted molar refractivity (Wildman–Crippen MR) is 84.7 cm³/mol. The van der Waals surface area contributed by atoms with Crippen LogP contribution in [0.2, 0.25) is 0 Å². The number of piperidine rings is 1. The Bertz CT molecular complexity index is 357. The van der Waals surface area contributed by atoms with Crippen LogP contribution in [0.1, 0.15) is 52.9 Å². The minimum atomic E-state index is -0.272. The van der Waals surface area contributed by atoms with E-state index in [1.807, 2.05) is 14.0 Å². The third kappa shape index (κ3) is 4.99. The zero-order valence-corrected chi connectivity index (χ0v) is 14.0. The number of carbonyl (C=O) groups is 2. The first-order valence-electron chi connectivity index (χ1n) is 8.18. The minimum Gasteiger partial charge on any atom is -0.344 e. The van der Waals surface area contributed by atoms with Gasteiger partial charge < -0.3 is 15.5 Å². The zero-order chi connectivity index (χ0) is 16.0. The van der Waals surface area contributed by atoms with E-state index in [4.69, 9.17) is 5.73 Å². The van der Waals surface area contributed by atoms with Crippen molar-refractivity contribution in [3.63, 3.8) is 0 Å². The second-order valence-electron chi connectivity index (χ2n) is 6.41. The molecule has 1 rings (SSSR count). The zero-order valence-electron chi connectivity index (χ0n) is 14.0. The quantitative estimate of drug-likeness (QED) is 0.810. The second-order valence-corrected chi connectivity index (χ2v) is 6.41. The first-order valence-corrected chi connectivity index (χ1v) is 8.18. The number of likely N-dealkylation sites (N-methyl/N-ethyl adjacent to an activating group) is 1. The summed E-state index contributed by atoms with van der Waals surface area (Å²) in [6.45, 7) is 7.40. The lowest BCUT2D eigenvalue weighted by Gasteiger charge is -2.37. The van der Waals surface area contributed by atoms with Crippen LogP contribution < -0.4 is 5.73 Å². The summed E-state index contributed by atoms with van der Waals surface area (Å²) in [6, 6.07) is -0.161. The molecule has 5 nitrogen and oxygen atoms in total. The van der Waals surface area contributed by atoms with Crippen LogP contribution in [-0.2, 0) is 9.59 Å². The third-order valence-corrected chi connectivity index (χ3v) is 4.44. The number of hydrogen-bond donors (Lipinski definition) is 1. The average molecular weight is 297 g/mol. The van der Waals surface area contributed by atoms with E-state index in [0.717, 1.165) is 25.7 Å². The lowest BCUT2D eigenvalue weighted by atomic mass is 9.99. The van der Waals surface area contributed by atoms with Gasteiger partial charge in [0, 0.05) is 32.6 Å². The van der Waals surface area contributed by atoms with Crippen LogP contribution in [0.3, 0.4) is 0 Å². The summed E-state index contributed by atoms with van der Waals surface area (Å²) < 4.78 is 0. The van der Waals surface area contributed by atoms with Gasteiger partial charge in [-0.2, -0.15) is 0 Å².